The van der Waals surface area contributed by atoms with Crippen LogP contribution in [0.2, 0.25) is 0 Å². The van der Waals surface area contributed by atoms with Gasteiger partial charge in [-0.05, 0) is 25.8 Å². The monoisotopic (exact) mass is 356 g/mol. The van der Waals surface area contributed by atoms with Crippen molar-refractivity contribution in [2.75, 3.05) is 19.7 Å². The van der Waals surface area contributed by atoms with E-state index in [1.165, 1.54) is 5.56 Å². The maximum absolute atomic E-state index is 5.70. The third-order valence-electron chi connectivity index (χ3n) is 4.27. The maximum Gasteiger partial charge on any atom is 0.191 e. The molecule has 0 radical (unpaired) electrons. The zero-order valence-corrected chi connectivity index (χ0v) is 15.6. The van der Waals surface area contributed by atoms with Crippen molar-refractivity contribution < 1.29 is 4.74 Å². The highest BCUT2D eigenvalue weighted by molar-refractivity contribution is 5.80. The van der Waals surface area contributed by atoms with Gasteiger partial charge in [0, 0.05) is 19.0 Å². The van der Waals surface area contributed by atoms with Crippen LogP contribution in [0.15, 0.2) is 35.3 Å². The average molecular weight is 356 g/mol. The number of hydrogen-bond donors (Lipinski definition) is 2. The van der Waals surface area contributed by atoms with Gasteiger partial charge in [0.15, 0.2) is 5.96 Å². The zero-order valence-electron chi connectivity index (χ0n) is 15.6. The van der Waals surface area contributed by atoms with Gasteiger partial charge in [0.25, 0.3) is 0 Å². The largest absolute Gasteiger partial charge is 0.375 e. The summed E-state index contributed by atoms with van der Waals surface area (Å²) in [7, 11) is 0. The number of hydrogen-bond acceptors (Lipinski definition) is 4. The normalized spacial score (nSPS) is 17.0. The minimum atomic E-state index is 0.312. The molecular formula is C19H28N6O. The van der Waals surface area contributed by atoms with Gasteiger partial charge in [-0.3, -0.25) is 4.99 Å². The molecule has 1 unspecified atom stereocenters. The predicted molar refractivity (Wildman–Crippen MR) is 102 cm³/mol. The van der Waals surface area contributed by atoms with Gasteiger partial charge in [0.2, 0.25) is 0 Å². The summed E-state index contributed by atoms with van der Waals surface area (Å²) >= 11 is 0. The molecule has 140 valence electrons. The van der Waals surface area contributed by atoms with Crippen molar-refractivity contribution in [2.45, 2.75) is 45.9 Å². The van der Waals surface area contributed by atoms with Crippen molar-refractivity contribution in [3.05, 3.63) is 47.5 Å². The Morgan fingerprint density at radius 3 is 3.00 bits per heavy atom. The standard InChI is InChI=1S/C19H28N6O/c1-3-20-19(21-11-12-26-14-16-7-5-4-6-8-16)23-17-9-10-18-22-15(2)24-25(18)13-17/h4-8,17H,3,9-14H2,1-2H3,(H2,20,21,23). The summed E-state index contributed by atoms with van der Waals surface area (Å²) in [6.45, 7) is 7.52. The minimum absolute atomic E-state index is 0.312. The quantitative estimate of drug-likeness (QED) is 0.448. The number of fused-ring (bicyclic) bond motifs is 1. The lowest BCUT2D eigenvalue weighted by atomic mass is 10.1. The fraction of sp³-hybridized carbons (Fsp3) is 0.526. The van der Waals surface area contributed by atoms with E-state index in [9.17, 15) is 0 Å². The van der Waals surface area contributed by atoms with Crippen LogP contribution in [0.5, 0.6) is 0 Å². The van der Waals surface area contributed by atoms with Crippen molar-refractivity contribution >= 4 is 5.96 Å². The van der Waals surface area contributed by atoms with E-state index in [0.717, 1.165) is 43.5 Å². The van der Waals surface area contributed by atoms with Crippen LogP contribution in [0.3, 0.4) is 0 Å². The molecule has 1 aliphatic heterocycles. The molecule has 7 nitrogen and oxygen atoms in total. The van der Waals surface area contributed by atoms with Crippen LogP contribution in [0.4, 0.5) is 0 Å². The summed E-state index contributed by atoms with van der Waals surface area (Å²) in [5.41, 5.74) is 1.18. The van der Waals surface area contributed by atoms with Crippen LogP contribution < -0.4 is 10.6 Å². The lowest BCUT2D eigenvalue weighted by Crippen LogP contribution is -2.47. The number of aryl methyl sites for hydroxylation is 2. The maximum atomic E-state index is 5.70. The molecule has 0 saturated carbocycles. The SMILES string of the molecule is CCNC(=NCCOCc1ccccc1)NC1CCc2nc(C)nn2C1. The van der Waals surface area contributed by atoms with Crippen LogP contribution in [-0.2, 0) is 24.3 Å². The molecule has 1 aromatic heterocycles. The Labute approximate surface area is 154 Å². The third kappa shape index (κ3) is 5.29. The van der Waals surface area contributed by atoms with Gasteiger partial charge in [0.1, 0.15) is 11.6 Å². The van der Waals surface area contributed by atoms with Gasteiger partial charge in [-0.1, -0.05) is 30.3 Å². The van der Waals surface area contributed by atoms with Gasteiger partial charge < -0.3 is 15.4 Å². The predicted octanol–water partition coefficient (Wildman–Crippen LogP) is 1.67. The van der Waals surface area contributed by atoms with E-state index in [4.69, 9.17) is 4.74 Å². The molecule has 0 saturated heterocycles. The van der Waals surface area contributed by atoms with Gasteiger partial charge in [-0.25, -0.2) is 9.67 Å². The molecule has 2 heterocycles. The summed E-state index contributed by atoms with van der Waals surface area (Å²) < 4.78 is 7.71. The first-order valence-corrected chi connectivity index (χ1v) is 9.31. The molecular weight excluding hydrogens is 328 g/mol. The molecule has 0 fully saturated rings. The van der Waals surface area contributed by atoms with Gasteiger partial charge in [-0.2, -0.15) is 5.10 Å². The second-order valence-corrected chi connectivity index (χ2v) is 6.44. The molecule has 2 N–H and O–H groups in total. The zero-order chi connectivity index (χ0) is 18.2. The van der Waals surface area contributed by atoms with Gasteiger partial charge in [0.05, 0.1) is 26.3 Å². The first kappa shape index (κ1) is 18.4. The number of aromatic nitrogens is 3. The van der Waals surface area contributed by atoms with E-state index in [1.807, 2.05) is 29.8 Å². The van der Waals surface area contributed by atoms with Gasteiger partial charge >= 0.3 is 0 Å². The lowest BCUT2D eigenvalue weighted by molar-refractivity contribution is 0.128. The number of nitrogens with zero attached hydrogens (tertiary/aromatic N) is 4. The van der Waals surface area contributed by atoms with E-state index < -0.39 is 0 Å². The number of guanidine groups is 1. The number of benzene rings is 1. The summed E-state index contributed by atoms with van der Waals surface area (Å²) in [5.74, 6) is 2.76. The molecule has 26 heavy (non-hydrogen) atoms. The van der Waals surface area contributed by atoms with Crippen LogP contribution >= 0.6 is 0 Å². The second kappa shape index (κ2) is 9.33. The Morgan fingerprint density at radius 1 is 1.35 bits per heavy atom. The van der Waals surface area contributed by atoms with Crippen LogP contribution in [-0.4, -0.2) is 46.5 Å². The second-order valence-electron chi connectivity index (χ2n) is 6.44. The van der Waals surface area contributed by atoms with Crippen LogP contribution in [0.25, 0.3) is 0 Å². The Balaban J connectivity index is 1.45. The molecule has 0 amide bonds. The summed E-state index contributed by atoms with van der Waals surface area (Å²) in [6.07, 6.45) is 1.98. The molecule has 1 aromatic carbocycles. The summed E-state index contributed by atoms with van der Waals surface area (Å²) in [5, 5.41) is 11.3. The first-order chi connectivity index (χ1) is 12.7. The molecule has 7 heteroatoms. The van der Waals surface area contributed by atoms with E-state index in [2.05, 4.69) is 44.8 Å². The first-order valence-electron chi connectivity index (χ1n) is 9.31. The lowest BCUT2D eigenvalue weighted by Gasteiger charge is -2.25. The molecule has 1 aliphatic rings. The highest BCUT2D eigenvalue weighted by Crippen LogP contribution is 2.12. The highest BCUT2D eigenvalue weighted by Gasteiger charge is 2.21. The molecule has 0 spiro atoms. The van der Waals surface area contributed by atoms with Crippen molar-refractivity contribution in [2.24, 2.45) is 4.99 Å². The smallest absolute Gasteiger partial charge is 0.191 e. The van der Waals surface area contributed by atoms with Crippen molar-refractivity contribution in [3.8, 4) is 0 Å². The number of rotatable bonds is 7. The van der Waals surface area contributed by atoms with Crippen molar-refractivity contribution in [1.82, 2.24) is 25.4 Å². The molecule has 3 rings (SSSR count). The van der Waals surface area contributed by atoms with E-state index in [1.54, 1.807) is 0 Å². The number of aliphatic imine (C=N–C) groups is 1. The van der Waals surface area contributed by atoms with Gasteiger partial charge in [-0.15, -0.1) is 0 Å². The molecule has 0 aliphatic carbocycles. The Morgan fingerprint density at radius 2 is 2.19 bits per heavy atom. The summed E-state index contributed by atoms with van der Waals surface area (Å²) in [6, 6.07) is 10.5. The summed E-state index contributed by atoms with van der Waals surface area (Å²) in [4.78, 5) is 9.08. The Bertz CT molecular complexity index is 712. The number of ether oxygens (including phenoxy) is 1. The highest BCUT2D eigenvalue weighted by atomic mass is 16.5. The Kier molecular flexibility index (Phi) is 6.60. The van der Waals surface area contributed by atoms with Crippen LogP contribution in [0, 0.1) is 6.92 Å². The van der Waals surface area contributed by atoms with E-state index >= 15 is 0 Å². The topological polar surface area (TPSA) is 76.4 Å². The third-order valence-corrected chi connectivity index (χ3v) is 4.27. The van der Waals surface area contributed by atoms with E-state index in [0.29, 0.717) is 25.8 Å². The average Bonchev–Trinajstić information content (AvgIpc) is 3.01. The fourth-order valence-electron chi connectivity index (χ4n) is 3.05. The van der Waals surface area contributed by atoms with Crippen LogP contribution in [0.1, 0.15) is 30.6 Å². The number of nitrogens with one attached hydrogen (secondary N) is 2. The van der Waals surface area contributed by atoms with E-state index in [-0.39, 0.29) is 0 Å². The molecule has 1 atom stereocenters. The van der Waals surface area contributed by atoms with Crippen molar-refractivity contribution in [1.29, 1.82) is 0 Å². The minimum Gasteiger partial charge on any atom is -0.375 e. The molecule has 0 bridgehead atoms. The fourth-order valence-corrected chi connectivity index (χ4v) is 3.05. The Hall–Kier alpha value is -2.41. The van der Waals surface area contributed by atoms with Crippen molar-refractivity contribution in [3.63, 3.8) is 0 Å². The molecule has 2 aromatic rings.